The molecule has 1 atom stereocenters. The van der Waals surface area contributed by atoms with E-state index < -0.39 is 17.6 Å². The highest BCUT2D eigenvalue weighted by molar-refractivity contribution is 8.00. The van der Waals surface area contributed by atoms with Crippen molar-refractivity contribution in [3.05, 3.63) is 95.1 Å². The fraction of sp³-hybridized carbons (Fsp3) is 0.167. The number of thioether (sulfide) groups is 1. The van der Waals surface area contributed by atoms with Crippen LogP contribution in [0.2, 0.25) is 0 Å². The number of hydrogen-bond acceptors (Lipinski definition) is 3. The smallest absolute Gasteiger partial charge is 0.322 e. The van der Waals surface area contributed by atoms with Crippen molar-refractivity contribution in [3.8, 4) is 0 Å². The minimum atomic E-state index is -4.45. The molecule has 0 unspecified atom stereocenters. The zero-order valence-electron chi connectivity index (χ0n) is 17.0. The van der Waals surface area contributed by atoms with Crippen LogP contribution in [0.3, 0.4) is 0 Å². The number of carbonyl (C=O) groups is 2. The number of rotatable bonds is 4. The third-order valence-electron chi connectivity index (χ3n) is 5.08. The van der Waals surface area contributed by atoms with E-state index in [0.29, 0.717) is 11.4 Å². The summed E-state index contributed by atoms with van der Waals surface area (Å²) < 4.78 is 38.1. The number of halogens is 3. The Hall–Kier alpha value is -3.26. The van der Waals surface area contributed by atoms with Crippen molar-refractivity contribution in [1.29, 1.82) is 0 Å². The van der Waals surface area contributed by atoms with Crippen molar-refractivity contribution in [2.45, 2.75) is 18.5 Å². The van der Waals surface area contributed by atoms with E-state index in [1.807, 2.05) is 43.3 Å². The molecule has 164 valence electrons. The number of carbonyl (C=O) groups excluding carboxylic acids is 2. The topological polar surface area (TPSA) is 49.4 Å². The van der Waals surface area contributed by atoms with Gasteiger partial charge < -0.3 is 5.32 Å². The van der Waals surface area contributed by atoms with E-state index in [1.165, 1.54) is 11.8 Å². The molecule has 1 aliphatic rings. The SMILES string of the molecule is Cc1cccc(N2C(=O)CS[C@H]2c2ccc(NC(=O)c3ccc(C(F)(F)F)cc3)cc2)c1. The molecule has 1 heterocycles. The Labute approximate surface area is 187 Å². The van der Waals surface area contributed by atoms with Crippen LogP contribution in [0.25, 0.3) is 0 Å². The van der Waals surface area contributed by atoms with Crippen LogP contribution in [-0.4, -0.2) is 17.6 Å². The number of benzene rings is 3. The van der Waals surface area contributed by atoms with E-state index in [2.05, 4.69) is 5.32 Å². The van der Waals surface area contributed by atoms with E-state index >= 15 is 0 Å². The Morgan fingerprint density at radius 2 is 1.72 bits per heavy atom. The van der Waals surface area contributed by atoms with Gasteiger partial charge in [-0.2, -0.15) is 13.2 Å². The highest BCUT2D eigenvalue weighted by Gasteiger charge is 2.34. The van der Waals surface area contributed by atoms with E-state index in [0.717, 1.165) is 41.1 Å². The van der Waals surface area contributed by atoms with Gasteiger partial charge in [0.15, 0.2) is 0 Å². The summed E-state index contributed by atoms with van der Waals surface area (Å²) in [5, 5.41) is 2.51. The molecule has 4 nitrogen and oxygen atoms in total. The van der Waals surface area contributed by atoms with E-state index in [9.17, 15) is 22.8 Å². The molecule has 0 aliphatic carbocycles. The van der Waals surface area contributed by atoms with Crippen LogP contribution in [0.1, 0.15) is 32.4 Å². The van der Waals surface area contributed by atoms with Crippen molar-refractivity contribution < 1.29 is 22.8 Å². The fourth-order valence-corrected chi connectivity index (χ4v) is 4.65. The molecule has 4 rings (SSSR count). The second kappa shape index (κ2) is 8.70. The largest absolute Gasteiger partial charge is 0.416 e. The van der Waals surface area contributed by atoms with E-state index in [4.69, 9.17) is 0 Å². The Morgan fingerprint density at radius 3 is 2.34 bits per heavy atom. The third kappa shape index (κ3) is 4.65. The number of aryl methyl sites for hydroxylation is 1. The lowest BCUT2D eigenvalue weighted by Crippen LogP contribution is -2.27. The van der Waals surface area contributed by atoms with Crippen molar-refractivity contribution in [1.82, 2.24) is 0 Å². The minimum Gasteiger partial charge on any atom is -0.322 e. The van der Waals surface area contributed by atoms with Crippen LogP contribution in [0.4, 0.5) is 24.5 Å². The lowest BCUT2D eigenvalue weighted by molar-refractivity contribution is -0.137. The van der Waals surface area contributed by atoms with Gasteiger partial charge in [0.25, 0.3) is 5.91 Å². The van der Waals surface area contributed by atoms with Gasteiger partial charge in [0.2, 0.25) is 5.91 Å². The quantitative estimate of drug-likeness (QED) is 0.520. The molecule has 3 aromatic rings. The van der Waals surface area contributed by atoms with Gasteiger partial charge in [0.1, 0.15) is 5.37 Å². The molecule has 2 amide bonds. The molecule has 1 saturated heterocycles. The standard InChI is InChI=1S/C24H19F3N2O2S/c1-15-3-2-4-20(13-15)29-21(30)14-32-23(29)17-7-11-19(12-8-17)28-22(31)16-5-9-18(10-6-16)24(25,26)27/h2-13,23H,14H2,1H3,(H,28,31)/t23-/m0/s1. The van der Waals surface area contributed by atoms with Crippen LogP contribution in [0, 0.1) is 6.92 Å². The predicted molar refractivity (Wildman–Crippen MR) is 120 cm³/mol. The number of anilines is 2. The van der Waals surface area contributed by atoms with Crippen LogP contribution >= 0.6 is 11.8 Å². The molecular weight excluding hydrogens is 437 g/mol. The van der Waals surface area contributed by atoms with Crippen molar-refractivity contribution in [2.24, 2.45) is 0 Å². The summed E-state index contributed by atoms with van der Waals surface area (Å²) in [6.07, 6.45) is -4.45. The van der Waals surface area contributed by atoms with Crippen molar-refractivity contribution >= 4 is 35.0 Å². The third-order valence-corrected chi connectivity index (χ3v) is 6.29. The van der Waals surface area contributed by atoms with Crippen molar-refractivity contribution in [2.75, 3.05) is 16.0 Å². The predicted octanol–water partition coefficient (Wildman–Crippen LogP) is 6.04. The van der Waals surface area contributed by atoms with Gasteiger partial charge in [-0.1, -0.05) is 24.3 Å². The number of hydrogen-bond donors (Lipinski definition) is 1. The summed E-state index contributed by atoms with van der Waals surface area (Å²) >= 11 is 1.53. The first kappa shape index (κ1) is 22.0. The molecule has 3 aromatic carbocycles. The molecule has 0 saturated carbocycles. The first-order valence-corrected chi connectivity index (χ1v) is 10.9. The molecule has 0 aromatic heterocycles. The summed E-state index contributed by atoms with van der Waals surface area (Å²) in [6.45, 7) is 1.97. The molecule has 1 fully saturated rings. The maximum absolute atomic E-state index is 12.7. The van der Waals surface area contributed by atoms with Gasteiger partial charge >= 0.3 is 6.18 Å². The summed E-state index contributed by atoms with van der Waals surface area (Å²) in [6, 6.07) is 18.9. The summed E-state index contributed by atoms with van der Waals surface area (Å²) in [5.74, 6) is -0.0889. The molecule has 0 bridgehead atoms. The maximum atomic E-state index is 12.7. The summed E-state index contributed by atoms with van der Waals surface area (Å²) in [4.78, 5) is 26.7. The number of amides is 2. The van der Waals surface area contributed by atoms with Gasteiger partial charge in [0.05, 0.1) is 11.3 Å². The molecule has 0 spiro atoms. The Kier molecular flexibility index (Phi) is 5.97. The second-order valence-electron chi connectivity index (χ2n) is 7.42. The molecular formula is C24H19F3N2O2S. The van der Waals surface area contributed by atoms with E-state index in [1.54, 1.807) is 17.0 Å². The van der Waals surface area contributed by atoms with Crippen LogP contribution < -0.4 is 10.2 Å². The average molecular weight is 456 g/mol. The monoisotopic (exact) mass is 456 g/mol. The Bertz CT molecular complexity index is 1150. The van der Waals surface area contributed by atoms with Gasteiger partial charge in [-0.15, -0.1) is 11.8 Å². The van der Waals surface area contributed by atoms with E-state index in [-0.39, 0.29) is 16.8 Å². The van der Waals surface area contributed by atoms with Crippen LogP contribution in [-0.2, 0) is 11.0 Å². The van der Waals surface area contributed by atoms with Gasteiger partial charge in [0, 0.05) is 16.9 Å². The number of alkyl halides is 3. The molecule has 32 heavy (non-hydrogen) atoms. The second-order valence-corrected chi connectivity index (χ2v) is 8.49. The molecule has 1 aliphatic heterocycles. The fourth-order valence-electron chi connectivity index (χ4n) is 3.47. The lowest BCUT2D eigenvalue weighted by Gasteiger charge is -2.25. The number of nitrogens with one attached hydrogen (secondary N) is 1. The van der Waals surface area contributed by atoms with Crippen LogP contribution in [0.15, 0.2) is 72.8 Å². The van der Waals surface area contributed by atoms with Crippen LogP contribution in [0.5, 0.6) is 0 Å². The Morgan fingerprint density at radius 1 is 1.03 bits per heavy atom. The van der Waals surface area contributed by atoms with Gasteiger partial charge in [-0.05, 0) is 66.6 Å². The zero-order valence-corrected chi connectivity index (χ0v) is 17.8. The molecule has 1 N–H and O–H groups in total. The average Bonchev–Trinajstić information content (AvgIpc) is 3.15. The first-order valence-electron chi connectivity index (χ1n) is 9.81. The lowest BCUT2D eigenvalue weighted by atomic mass is 10.1. The maximum Gasteiger partial charge on any atom is 0.416 e. The first-order chi connectivity index (χ1) is 15.2. The van der Waals surface area contributed by atoms with Gasteiger partial charge in [-0.25, -0.2) is 0 Å². The molecule has 0 radical (unpaired) electrons. The summed E-state index contributed by atoms with van der Waals surface area (Å²) in [7, 11) is 0. The normalized spacial score (nSPS) is 16.3. The highest BCUT2D eigenvalue weighted by Crippen LogP contribution is 2.42. The summed E-state index contributed by atoms with van der Waals surface area (Å²) in [5.41, 5.74) is 2.65. The minimum absolute atomic E-state index is 0.0327. The van der Waals surface area contributed by atoms with Gasteiger partial charge in [-0.3, -0.25) is 14.5 Å². The molecule has 8 heteroatoms. The number of nitrogens with zero attached hydrogens (tertiary/aromatic N) is 1. The zero-order chi connectivity index (χ0) is 22.9. The highest BCUT2D eigenvalue weighted by atomic mass is 32.2. The Balaban J connectivity index is 1.48. The van der Waals surface area contributed by atoms with Crippen molar-refractivity contribution in [3.63, 3.8) is 0 Å².